The summed E-state index contributed by atoms with van der Waals surface area (Å²) in [6.07, 6.45) is -0.447. The molecule has 0 aliphatic carbocycles. The fourth-order valence-corrected chi connectivity index (χ4v) is 2.89. The van der Waals surface area contributed by atoms with Crippen molar-refractivity contribution in [2.45, 2.75) is 37.3 Å². The maximum Gasteiger partial charge on any atom is 0.422 e. The van der Waals surface area contributed by atoms with Crippen molar-refractivity contribution in [1.29, 1.82) is 0 Å². The Labute approximate surface area is 111 Å². The van der Waals surface area contributed by atoms with Crippen LogP contribution in [0.2, 0.25) is 0 Å². The highest BCUT2D eigenvalue weighted by Crippen LogP contribution is 2.37. The van der Waals surface area contributed by atoms with E-state index < -0.39 is 11.7 Å². The third kappa shape index (κ3) is 3.40. The zero-order chi connectivity index (χ0) is 13.2. The lowest BCUT2D eigenvalue weighted by molar-refractivity contribution is 0.0490. The van der Waals surface area contributed by atoms with Gasteiger partial charge in [-0.05, 0) is 32.4 Å². The smallest absolute Gasteiger partial charge is 0.422 e. The molecule has 0 spiro atoms. The molecule has 0 radical (unpaired) electrons. The van der Waals surface area contributed by atoms with Crippen LogP contribution in [-0.4, -0.2) is 17.4 Å². The van der Waals surface area contributed by atoms with Gasteiger partial charge in [-0.25, -0.2) is 10.2 Å². The zero-order valence-corrected chi connectivity index (χ0v) is 11.6. The van der Waals surface area contributed by atoms with E-state index in [2.05, 4.69) is 23.0 Å². The predicted molar refractivity (Wildman–Crippen MR) is 72.4 cm³/mol. The minimum Gasteiger partial charge on any atom is -0.443 e. The number of hydrazine groups is 1. The highest BCUT2D eigenvalue weighted by Gasteiger charge is 2.23. The van der Waals surface area contributed by atoms with Gasteiger partial charge in [-0.3, -0.25) is 5.43 Å². The van der Waals surface area contributed by atoms with Crippen molar-refractivity contribution < 1.29 is 9.53 Å². The Morgan fingerprint density at radius 3 is 2.83 bits per heavy atom. The average molecular weight is 266 g/mol. The predicted octanol–water partition coefficient (Wildman–Crippen LogP) is 2.86. The van der Waals surface area contributed by atoms with E-state index in [1.807, 2.05) is 32.9 Å². The van der Waals surface area contributed by atoms with Crippen molar-refractivity contribution >= 4 is 17.9 Å². The van der Waals surface area contributed by atoms with Gasteiger partial charge >= 0.3 is 6.09 Å². The lowest BCUT2D eigenvalue weighted by Gasteiger charge is -2.21. The molecule has 0 saturated heterocycles. The van der Waals surface area contributed by atoms with E-state index in [1.54, 1.807) is 11.8 Å². The Balaban J connectivity index is 1.87. The lowest BCUT2D eigenvalue weighted by Crippen LogP contribution is -2.43. The van der Waals surface area contributed by atoms with Crippen molar-refractivity contribution in [2.24, 2.45) is 0 Å². The van der Waals surface area contributed by atoms with Crippen LogP contribution in [0.25, 0.3) is 0 Å². The molecule has 1 aliphatic heterocycles. The quantitative estimate of drug-likeness (QED) is 0.808. The third-order valence-corrected chi connectivity index (χ3v) is 3.63. The molecule has 18 heavy (non-hydrogen) atoms. The van der Waals surface area contributed by atoms with Gasteiger partial charge in [-0.2, -0.15) is 0 Å². The summed E-state index contributed by atoms with van der Waals surface area (Å²) in [5.74, 6) is 0.912. The van der Waals surface area contributed by atoms with Crippen LogP contribution in [0.3, 0.4) is 0 Å². The second-order valence-electron chi connectivity index (χ2n) is 5.17. The Hall–Kier alpha value is -1.20. The van der Waals surface area contributed by atoms with Gasteiger partial charge in [0.2, 0.25) is 0 Å². The molecule has 1 heterocycles. The van der Waals surface area contributed by atoms with Crippen LogP contribution in [0, 0.1) is 0 Å². The molecule has 2 N–H and O–H groups in total. The van der Waals surface area contributed by atoms with E-state index in [0.717, 1.165) is 5.75 Å². The monoisotopic (exact) mass is 266 g/mol. The summed E-state index contributed by atoms with van der Waals surface area (Å²) in [4.78, 5) is 12.8. The molecule has 1 aliphatic rings. The van der Waals surface area contributed by atoms with E-state index in [-0.39, 0.29) is 6.04 Å². The van der Waals surface area contributed by atoms with Gasteiger partial charge in [0.1, 0.15) is 5.60 Å². The van der Waals surface area contributed by atoms with Crippen molar-refractivity contribution in [3.05, 3.63) is 29.8 Å². The van der Waals surface area contributed by atoms with Crippen molar-refractivity contribution in [3.8, 4) is 0 Å². The molecule has 1 amide bonds. The summed E-state index contributed by atoms with van der Waals surface area (Å²) in [6, 6.07) is 8.33. The normalized spacial score (nSPS) is 18.3. The van der Waals surface area contributed by atoms with Crippen LogP contribution >= 0.6 is 11.8 Å². The first-order valence-corrected chi connectivity index (χ1v) is 6.90. The number of ether oxygens (including phenoxy) is 1. The number of carbonyl (C=O) groups is 1. The maximum absolute atomic E-state index is 11.5. The van der Waals surface area contributed by atoms with Gasteiger partial charge in [0, 0.05) is 10.6 Å². The summed E-state index contributed by atoms with van der Waals surface area (Å²) in [5, 5.41) is 0. The summed E-state index contributed by atoms with van der Waals surface area (Å²) >= 11 is 1.79. The topological polar surface area (TPSA) is 50.4 Å². The summed E-state index contributed by atoms with van der Waals surface area (Å²) < 4.78 is 5.17. The van der Waals surface area contributed by atoms with E-state index >= 15 is 0 Å². The molecule has 1 aromatic rings. The molecule has 4 nitrogen and oxygen atoms in total. The van der Waals surface area contributed by atoms with Crippen molar-refractivity contribution in [1.82, 2.24) is 10.9 Å². The van der Waals surface area contributed by atoms with Crippen molar-refractivity contribution in [3.63, 3.8) is 0 Å². The summed E-state index contributed by atoms with van der Waals surface area (Å²) in [5.41, 5.74) is 6.36. The van der Waals surface area contributed by atoms with Gasteiger partial charge in [0.25, 0.3) is 0 Å². The average Bonchev–Trinajstić information content (AvgIpc) is 2.67. The van der Waals surface area contributed by atoms with Gasteiger partial charge in [0.05, 0.1) is 6.04 Å². The van der Waals surface area contributed by atoms with E-state index in [1.165, 1.54) is 10.5 Å². The zero-order valence-electron chi connectivity index (χ0n) is 10.8. The summed E-state index contributed by atoms with van der Waals surface area (Å²) in [7, 11) is 0. The van der Waals surface area contributed by atoms with Gasteiger partial charge in [-0.1, -0.05) is 18.2 Å². The number of benzene rings is 1. The fourth-order valence-electron chi connectivity index (χ4n) is 1.73. The SMILES string of the molecule is CC(C)(C)OC(=O)NNC1CSc2ccccc21. The van der Waals surface area contributed by atoms with E-state index in [9.17, 15) is 4.79 Å². The number of hydrogen-bond acceptors (Lipinski definition) is 4. The molecule has 0 saturated carbocycles. The second kappa shape index (κ2) is 5.20. The number of amides is 1. The third-order valence-electron chi connectivity index (χ3n) is 2.45. The molecule has 1 aromatic carbocycles. The Kier molecular flexibility index (Phi) is 3.82. The number of thioether (sulfide) groups is 1. The number of hydrogen-bond donors (Lipinski definition) is 2. The Bertz CT molecular complexity index is 443. The molecule has 0 bridgehead atoms. The highest BCUT2D eigenvalue weighted by molar-refractivity contribution is 7.99. The lowest BCUT2D eigenvalue weighted by atomic mass is 10.1. The standard InChI is InChI=1S/C13H18N2O2S/c1-13(2,3)17-12(16)15-14-10-8-18-11-7-5-4-6-9(10)11/h4-7,10,14H,8H2,1-3H3,(H,15,16). The van der Waals surface area contributed by atoms with Gasteiger partial charge in [-0.15, -0.1) is 11.8 Å². The van der Waals surface area contributed by atoms with Gasteiger partial charge in [0.15, 0.2) is 0 Å². The molecule has 98 valence electrons. The summed E-state index contributed by atoms with van der Waals surface area (Å²) in [6.45, 7) is 5.52. The largest absolute Gasteiger partial charge is 0.443 e. The van der Waals surface area contributed by atoms with Crippen LogP contribution in [0.5, 0.6) is 0 Å². The molecular formula is C13H18N2O2S. The van der Waals surface area contributed by atoms with Crippen LogP contribution in [0.1, 0.15) is 32.4 Å². The first-order valence-electron chi connectivity index (χ1n) is 5.92. The number of nitrogens with one attached hydrogen (secondary N) is 2. The first kappa shape index (κ1) is 13.2. The Morgan fingerprint density at radius 1 is 1.39 bits per heavy atom. The van der Waals surface area contributed by atoms with E-state index in [4.69, 9.17) is 4.74 Å². The maximum atomic E-state index is 11.5. The molecule has 2 rings (SSSR count). The number of fused-ring (bicyclic) bond motifs is 1. The van der Waals surface area contributed by atoms with Crippen LogP contribution in [0.15, 0.2) is 29.2 Å². The van der Waals surface area contributed by atoms with E-state index in [0.29, 0.717) is 0 Å². The van der Waals surface area contributed by atoms with Crippen LogP contribution < -0.4 is 10.9 Å². The molecule has 5 heteroatoms. The molecule has 0 aromatic heterocycles. The minimum atomic E-state index is -0.478. The van der Waals surface area contributed by atoms with Gasteiger partial charge < -0.3 is 4.74 Å². The molecule has 0 fully saturated rings. The Morgan fingerprint density at radius 2 is 2.11 bits per heavy atom. The number of carbonyl (C=O) groups excluding carboxylic acids is 1. The van der Waals surface area contributed by atoms with Crippen LogP contribution in [-0.2, 0) is 4.74 Å². The minimum absolute atomic E-state index is 0.138. The van der Waals surface area contributed by atoms with Crippen molar-refractivity contribution in [2.75, 3.05) is 5.75 Å². The second-order valence-corrected chi connectivity index (χ2v) is 6.23. The first-order chi connectivity index (χ1) is 8.46. The number of rotatable bonds is 2. The fraction of sp³-hybridized carbons (Fsp3) is 0.462. The molecular weight excluding hydrogens is 248 g/mol. The molecule has 1 unspecified atom stereocenters. The van der Waals surface area contributed by atoms with Crippen LogP contribution in [0.4, 0.5) is 4.79 Å². The highest BCUT2D eigenvalue weighted by atomic mass is 32.2. The molecule has 1 atom stereocenters.